The van der Waals surface area contributed by atoms with Crippen molar-refractivity contribution >= 4 is 17.5 Å². The molecule has 1 aliphatic heterocycles. The number of ether oxygens (including phenoxy) is 2. The quantitative estimate of drug-likeness (QED) is 0.717. The van der Waals surface area contributed by atoms with Crippen molar-refractivity contribution in [2.45, 2.75) is 18.9 Å². The zero-order valence-electron chi connectivity index (χ0n) is 9.00. The Bertz CT molecular complexity index is 195. The van der Waals surface area contributed by atoms with Crippen molar-refractivity contribution in [2.75, 3.05) is 32.8 Å². The van der Waals surface area contributed by atoms with E-state index in [4.69, 9.17) is 21.1 Å². The molecule has 0 aromatic rings. The van der Waals surface area contributed by atoms with E-state index in [1.165, 1.54) is 0 Å². The largest absolute Gasteiger partial charge is 0.383 e. The molecule has 0 aromatic heterocycles. The van der Waals surface area contributed by atoms with Crippen molar-refractivity contribution in [3.63, 3.8) is 0 Å². The SMILES string of the molecule is COCC(CCl)NC(=O)C1CCCOC1. The fraction of sp³-hybridized carbons (Fsp3) is 0.900. The first kappa shape index (κ1) is 12.7. The van der Waals surface area contributed by atoms with Gasteiger partial charge in [0.1, 0.15) is 0 Å². The van der Waals surface area contributed by atoms with Gasteiger partial charge in [-0.3, -0.25) is 4.79 Å². The highest BCUT2D eigenvalue weighted by Crippen LogP contribution is 2.13. The third-order valence-corrected chi connectivity index (χ3v) is 2.80. The van der Waals surface area contributed by atoms with Gasteiger partial charge in [-0.15, -0.1) is 11.6 Å². The molecule has 1 fully saturated rings. The Kier molecular flexibility index (Phi) is 5.98. The lowest BCUT2D eigenvalue weighted by molar-refractivity contribution is -0.129. The van der Waals surface area contributed by atoms with Gasteiger partial charge < -0.3 is 14.8 Å². The Morgan fingerprint density at radius 3 is 3.07 bits per heavy atom. The molecular weight excluding hydrogens is 218 g/mol. The number of rotatable bonds is 5. The van der Waals surface area contributed by atoms with E-state index in [9.17, 15) is 4.79 Å². The van der Waals surface area contributed by atoms with Crippen molar-refractivity contribution in [1.82, 2.24) is 5.32 Å². The van der Waals surface area contributed by atoms with Crippen LogP contribution < -0.4 is 5.32 Å². The Hall–Kier alpha value is -0.320. The number of nitrogens with one attached hydrogen (secondary N) is 1. The van der Waals surface area contributed by atoms with Crippen LogP contribution in [0.5, 0.6) is 0 Å². The monoisotopic (exact) mass is 235 g/mol. The van der Waals surface area contributed by atoms with Gasteiger partial charge in [-0.25, -0.2) is 0 Å². The summed E-state index contributed by atoms with van der Waals surface area (Å²) in [6.07, 6.45) is 1.85. The number of hydrogen-bond acceptors (Lipinski definition) is 3. The molecular formula is C10H18ClNO3. The molecule has 15 heavy (non-hydrogen) atoms. The van der Waals surface area contributed by atoms with Crippen LogP contribution in [0.1, 0.15) is 12.8 Å². The van der Waals surface area contributed by atoms with Crippen LogP contribution in [0, 0.1) is 5.92 Å². The first-order valence-electron chi connectivity index (χ1n) is 5.21. The Balaban J connectivity index is 2.31. The van der Waals surface area contributed by atoms with Gasteiger partial charge in [0, 0.05) is 19.6 Å². The first-order valence-corrected chi connectivity index (χ1v) is 5.74. The second kappa shape index (κ2) is 7.04. The van der Waals surface area contributed by atoms with Gasteiger partial charge in [-0.1, -0.05) is 0 Å². The average Bonchev–Trinajstić information content (AvgIpc) is 2.29. The maximum absolute atomic E-state index is 11.7. The molecule has 88 valence electrons. The minimum Gasteiger partial charge on any atom is -0.383 e. The standard InChI is InChI=1S/C10H18ClNO3/c1-14-7-9(5-11)12-10(13)8-3-2-4-15-6-8/h8-9H,2-7H2,1H3,(H,12,13). The van der Waals surface area contributed by atoms with Crippen molar-refractivity contribution in [3.8, 4) is 0 Å². The molecule has 0 radical (unpaired) electrons. The molecule has 0 spiro atoms. The van der Waals surface area contributed by atoms with Crippen molar-refractivity contribution in [2.24, 2.45) is 5.92 Å². The molecule has 2 atom stereocenters. The number of hydrogen-bond donors (Lipinski definition) is 1. The van der Waals surface area contributed by atoms with Gasteiger partial charge in [0.2, 0.25) is 5.91 Å². The minimum atomic E-state index is -0.105. The maximum atomic E-state index is 11.7. The Morgan fingerprint density at radius 2 is 2.53 bits per heavy atom. The van der Waals surface area contributed by atoms with Crippen LogP contribution >= 0.6 is 11.6 Å². The predicted octanol–water partition coefficient (Wildman–Crippen LogP) is 0.783. The molecule has 1 rings (SSSR count). The van der Waals surface area contributed by atoms with Gasteiger partial charge in [0.15, 0.2) is 0 Å². The fourth-order valence-electron chi connectivity index (χ4n) is 1.59. The molecule has 5 heteroatoms. The summed E-state index contributed by atoms with van der Waals surface area (Å²) in [6.45, 7) is 1.73. The molecule has 1 N–H and O–H groups in total. The number of carbonyl (C=O) groups excluding carboxylic acids is 1. The first-order chi connectivity index (χ1) is 7.27. The van der Waals surface area contributed by atoms with E-state index in [0.717, 1.165) is 19.4 Å². The van der Waals surface area contributed by atoms with Crippen molar-refractivity contribution < 1.29 is 14.3 Å². The van der Waals surface area contributed by atoms with Crippen LogP contribution in [0.2, 0.25) is 0 Å². The van der Waals surface area contributed by atoms with Crippen LogP contribution in [0.3, 0.4) is 0 Å². The topological polar surface area (TPSA) is 47.6 Å². The zero-order valence-corrected chi connectivity index (χ0v) is 9.76. The molecule has 4 nitrogen and oxygen atoms in total. The number of carbonyl (C=O) groups is 1. The zero-order chi connectivity index (χ0) is 11.1. The highest BCUT2D eigenvalue weighted by molar-refractivity contribution is 6.18. The summed E-state index contributed by atoms with van der Waals surface area (Å²) < 4.78 is 10.2. The Labute approximate surface area is 95.3 Å². The number of alkyl halides is 1. The van der Waals surface area contributed by atoms with E-state index in [1.807, 2.05) is 0 Å². The molecule has 1 saturated heterocycles. The molecule has 0 aliphatic carbocycles. The summed E-state index contributed by atoms with van der Waals surface area (Å²) >= 11 is 5.70. The van der Waals surface area contributed by atoms with Gasteiger partial charge in [-0.05, 0) is 12.8 Å². The minimum absolute atomic E-state index is 0.0254. The summed E-state index contributed by atoms with van der Waals surface area (Å²) in [5.74, 6) is 0.367. The summed E-state index contributed by atoms with van der Waals surface area (Å²) in [7, 11) is 1.59. The fourth-order valence-corrected chi connectivity index (χ4v) is 1.76. The van der Waals surface area contributed by atoms with E-state index in [2.05, 4.69) is 5.32 Å². The third kappa shape index (κ3) is 4.36. The maximum Gasteiger partial charge on any atom is 0.225 e. The van der Waals surface area contributed by atoms with E-state index in [0.29, 0.717) is 19.1 Å². The molecule has 0 bridgehead atoms. The van der Waals surface area contributed by atoms with Crippen molar-refractivity contribution in [3.05, 3.63) is 0 Å². The highest BCUT2D eigenvalue weighted by atomic mass is 35.5. The van der Waals surface area contributed by atoms with E-state index < -0.39 is 0 Å². The predicted molar refractivity (Wildman–Crippen MR) is 58.1 cm³/mol. The summed E-state index contributed by atoms with van der Waals surface area (Å²) in [4.78, 5) is 11.7. The lowest BCUT2D eigenvalue weighted by Crippen LogP contribution is -2.44. The average molecular weight is 236 g/mol. The summed E-state index contributed by atoms with van der Waals surface area (Å²) in [5, 5.41) is 2.86. The molecule has 0 saturated carbocycles. The van der Waals surface area contributed by atoms with Crippen LogP contribution in [0.15, 0.2) is 0 Å². The molecule has 1 aliphatic rings. The lowest BCUT2D eigenvalue weighted by Gasteiger charge is -2.23. The van der Waals surface area contributed by atoms with Gasteiger partial charge in [0.25, 0.3) is 0 Å². The highest BCUT2D eigenvalue weighted by Gasteiger charge is 2.23. The third-order valence-electron chi connectivity index (χ3n) is 2.43. The van der Waals surface area contributed by atoms with E-state index in [1.54, 1.807) is 7.11 Å². The number of methoxy groups -OCH3 is 1. The van der Waals surface area contributed by atoms with E-state index in [-0.39, 0.29) is 17.9 Å². The molecule has 2 unspecified atom stereocenters. The summed E-state index contributed by atoms with van der Waals surface area (Å²) in [6, 6.07) is -0.105. The summed E-state index contributed by atoms with van der Waals surface area (Å²) in [5.41, 5.74) is 0. The van der Waals surface area contributed by atoms with Gasteiger partial charge >= 0.3 is 0 Å². The number of halogens is 1. The van der Waals surface area contributed by atoms with Crippen LogP contribution in [0.4, 0.5) is 0 Å². The van der Waals surface area contributed by atoms with Gasteiger partial charge in [-0.2, -0.15) is 0 Å². The normalized spacial score (nSPS) is 23.5. The molecule has 1 heterocycles. The lowest BCUT2D eigenvalue weighted by atomic mass is 10.0. The number of amides is 1. The van der Waals surface area contributed by atoms with Gasteiger partial charge in [0.05, 0.1) is 25.2 Å². The van der Waals surface area contributed by atoms with E-state index >= 15 is 0 Å². The second-order valence-corrected chi connectivity index (χ2v) is 4.04. The molecule has 1 amide bonds. The Morgan fingerprint density at radius 1 is 1.73 bits per heavy atom. The van der Waals surface area contributed by atoms with Crippen LogP contribution in [-0.2, 0) is 14.3 Å². The van der Waals surface area contributed by atoms with Crippen LogP contribution in [0.25, 0.3) is 0 Å². The molecule has 0 aromatic carbocycles. The van der Waals surface area contributed by atoms with Crippen molar-refractivity contribution in [1.29, 1.82) is 0 Å². The van der Waals surface area contributed by atoms with Crippen LogP contribution in [-0.4, -0.2) is 44.8 Å². The second-order valence-electron chi connectivity index (χ2n) is 3.73. The smallest absolute Gasteiger partial charge is 0.225 e.